The van der Waals surface area contributed by atoms with Crippen molar-refractivity contribution >= 4 is 17.7 Å². The molecule has 0 aliphatic heterocycles. The van der Waals surface area contributed by atoms with Gasteiger partial charge in [0.1, 0.15) is 0 Å². The third-order valence-electron chi connectivity index (χ3n) is 2.82. The molecule has 0 unspecified atom stereocenters. The minimum Gasteiger partial charge on any atom is -0.465 e. The molecule has 0 spiro atoms. The molecule has 1 aromatic carbocycles. The molecule has 0 amide bonds. The molecule has 1 heterocycles. The number of hydrogen-bond donors (Lipinski definition) is 0. The summed E-state index contributed by atoms with van der Waals surface area (Å²) in [5.74, 6) is -0.730. The van der Waals surface area contributed by atoms with Gasteiger partial charge < -0.3 is 4.74 Å². The van der Waals surface area contributed by atoms with Crippen molar-refractivity contribution in [1.82, 2.24) is 4.98 Å². The fourth-order valence-corrected chi connectivity index (χ4v) is 2.51. The number of nitrogens with zero attached hydrogens (tertiary/aromatic N) is 1. The van der Waals surface area contributed by atoms with E-state index in [-0.39, 0.29) is 27.9 Å². The number of rotatable bonds is 3. The summed E-state index contributed by atoms with van der Waals surface area (Å²) in [4.78, 5) is 15.3. The minimum absolute atomic E-state index is 0.0230. The minimum atomic E-state index is -4.48. The molecule has 22 heavy (non-hydrogen) atoms. The molecule has 0 saturated heterocycles. The monoisotopic (exact) mass is 327 g/mol. The largest absolute Gasteiger partial charge is 0.465 e. The molecule has 0 N–H and O–H groups in total. The molecule has 7 heteroatoms. The average molecular weight is 327 g/mol. The van der Waals surface area contributed by atoms with E-state index in [1.54, 1.807) is 24.3 Å². The maximum atomic E-state index is 12.7. The van der Waals surface area contributed by atoms with Crippen molar-refractivity contribution in [3.63, 3.8) is 0 Å². The number of carbonyl (C=O) groups is 1. The lowest BCUT2D eigenvalue weighted by Crippen LogP contribution is -2.05. The van der Waals surface area contributed by atoms with E-state index in [1.807, 2.05) is 6.92 Å². The number of pyridine rings is 1. The lowest BCUT2D eigenvalue weighted by atomic mass is 10.1. The van der Waals surface area contributed by atoms with Crippen molar-refractivity contribution in [1.29, 1.82) is 0 Å². The summed E-state index contributed by atoms with van der Waals surface area (Å²) >= 11 is -0.302. The lowest BCUT2D eigenvalue weighted by Gasteiger charge is -2.12. The second-order valence-corrected chi connectivity index (χ2v) is 5.58. The van der Waals surface area contributed by atoms with E-state index in [4.69, 9.17) is 0 Å². The van der Waals surface area contributed by atoms with Crippen LogP contribution < -0.4 is 0 Å². The molecule has 2 rings (SSSR count). The first-order valence-corrected chi connectivity index (χ1v) is 7.03. The lowest BCUT2D eigenvalue weighted by molar-refractivity contribution is -0.0328. The van der Waals surface area contributed by atoms with E-state index in [2.05, 4.69) is 9.72 Å². The van der Waals surface area contributed by atoms with Gasteiger partial charge in [-0.3, -0.25) is 4.98 Å². The summed E-state index contributed by atoms with van der Waals surface area (Å²) in [6.07, 6.45) is 1.21. The van der Waals surface area contributed by atoms with E-state index in [9.17, 15) is 18.0 Å². The third-order valence-corrected chi connectivity index (χ3v) is 3.59. The number of esters is 1. The van der Waals surface area contributed by atoms with Crippen molar-refractivity contribution < 1.29 is 22.7 Å². The summed E-state index contributed by atoms with van der Waals surface area (Å²) in [7, 11) is 1.16. The number of alkyl halides is 3. The van der Waals surface area contributed by atoms with Crippen LogP contribution in [0.3, 0.4) is 0 Å². The molecule has 3 nitrogen and oxygen atoms in total. The number of carbonyl (C=O) groups excluding carboxylic acids is 1. The second kappa shape index (κ2) is 6.39. The summed E-state index contributed by atoms with van der Waals surface area (Å²) in [5, 5.41) is 0. The fourth-order valence-electron chi connectivity index (χ4n) is 1.80. The number of halogens is 3. The highest BCUT2D eigenvalue weighted by atomic mass is 32.2. The Morgan fingerprint density at radius 3 is 2.41 bits per heavy atom. The quantitative estimate of drug-likeness (QED) is 0.616. The Kier molecular flexibility index (Phi) is 4.75. The van der Waals surface area contributed by atoms with Gasteiger partial charge in [0, 0.05) is 16.7 Å². The van der Waals surface area contributed by atoms with Crippen molar-refractivity contribution in [2.24, 2.45) is 0 Å². The Morgan fingerprint density at radius 1 is 1.23 bits per heavy atom. The summed E-state index contributed by atoms with van der Waals surface area (Å²) in [6.45, 7) is 1.88. The van der Waals surface area contributed by atoms with Crippen LogP contribution in [-0.2, 0) is 4.74 Å². The molecule has 116 valence electrons. The van der Waals surface area contributed by atoms with Crippen molar-refractivity contribution in [3.05, 3.63) is 47.7 Å². The van der Waals surface area contributed by atoms with Crippen LogP contribution in [0.25, 0.3) is 11.3 Å². The van der Waals surface area contributed by atoms with Crippen LogP contribution in [0.4, 0.5) is 13.2 Å². The Balaban J connectivity index is 2.52. The maximum absolute atomic E-state index is 12.7. The molecule has 1 aromatic heterocycles. The first-order valence-electron chi connectivity index (χ1n) is 6.21. The molecule has 0 aliphatic rings. The smallest absolute Gasteiger partial charge is 0.446 e. The molecular weight excluding hydrogens is 315 g/mol. The average Bonchev–Trinajstić information content (AvgIpc) is 2.46. The number of aryl methyl sites for hydroxylation is 1. The van der Waals surface area contributed by atoms with E-state index in [1.165, 1.54) is 6.20 Å². The van der Waals surface area contributed by atoms with Crippen LogP contribution in [0.15, 0.2) is 41.4 Å². The summed E-state index contributed by atoms with van der Waals surface area (Å²) in [6, 6.07) is 8.10. The SMILES string of the molecule is COC(=O)c1cnc(-c2ccc(C)cc2)c(SC(F)(F)F)c1. The topological polar surface area (TPSA) is 39.2 Å². The number of thioether (sulfide) groups is 1. The summed E-state index contributed by atoms with van der Waals surface area (Å²) in [5.41, 5.74) is -2.79. The van der Waals surface area contributed by atoms with Crippen molar-refractivity contribution in [2.75, 3.05) is 7.11 Å². The molecule has 0 radical (unpaired) electrons. The highest BCUT2D eigenvalue weighted by Gasteiger charge is 2.31. The Morgan fingerprint density at radius 2 is 1.86 bits per heavy atom. The predicted molar refractivity (Wildman–Crippen MR) is 77.7 cm³/mol. The van der Waals surface area contributed by atoms with Crippen LogP contribution in [0.1, 0.15) is 15.9 Å². The molecule has 0 atom stereocenters. The Labute approximate surface area is 129 Å². The van der Waals surface area contributed by atoms with Gasteiger partial charge in [0.25, 0.3) is 0 Å². The number of aromatic nitrogens is 1. The van der Waals surface area contributed by atoms with E-state index < -0.39 is 11.5 Å². The van der Waals surface area contributed by atoms with Gasteiger partial charge in [-0.1, -0.05) is 29.8 Å². The van der Waals surface area contributed by atoms with Gasteiger partial charge in [-0.2, -0.15) is 13.2 Å². The van der Waals surface area contributed by atoms with Gasteiger partial charge in [0.15, 0.2) is 0 Å². The Hall–Kier alpha value is -2.02. The molecule has 0 fully saturated rings. The molecule has 2 aromatic rings. The van der Waals surface area contributed by atoms with Crippen molar-refractivity contribution in [3.8, 4) is 11.3 Å². The predicted octanol–water partition coefficient (Wildman–Crippen LogP) is 4.46. The van der Waals surface area contributed by atoms with Gasteiger partial charge in [-0.05, 0) is 24.8 Å². The zero-order valence-electron chi connectivity index (χ0n) is 11.8. The van der Waals surface area contributed by atoms with Crippen LogP contribution in [0, 0.1) is 6.92 Å². The zero-order valence-corrected chi connectivity index (χ0v) is 12.6. The maximum Gasteiger partial charge on any atom is 0.446 e. The number of benzene rings is 1. The normalized spacial score (nSPS) is 11.3. The van der Waals surface area contributed by atoms with E-state index in [0.717, 1.165) is 18.7 Å². The first-order chi connectivity index (χ1) is 10.3. The number of ether oxygens (including phenoxy) is 1. The van der Waals surface area contributed by atoms with Crippen LogP contribution >= 0.6 is 11.8 Å². The standard InChI is InChI=1S/C15H12F3NO2S/c1-9-3-5-10(6-4-9)13-12(22-15(16,17)18)7-11(8-19-13)14(20)21-2/h3-8H,1-2H3. The molecular formula is C15H12F3NO2S. The van der Waals surface area contributed by atoms with Gasteiger partial charge >= 0.3 is 11.5 Å². The molecule has 0 saturated carbocycles. The molecule has 0 aliphatic carbocycles. The zero-order chi connectivity index (χ0) is 16.3. The first kappa shape index (κ1) is 16.4. The fraction of sp³-hybridized carbons (Fsp3) is 0.200. The number of hydrogen-bond acceptors (Lipinski definition) is 4. The highest BCUT2D eigenvalue weighted by Crippen LogP contribution is 2.41. The van der Waals surface area contributed by atoms with Gasteiger partial charge in [0.05, 0.1) is 18.4 Å². The van der Waals surface area contributed by atoms with Gasteiger partial charge in [-0.25, -0.2) is 4.79 Å². The van der Waals surface area contributed by atoms with Gasteiger partial charge in [0.2, 0.25) is 0 Å². The second-order valence-electron chi connectivity index (χ2n) is 4.48. The molecule has 0 bridgehead atoms. The van der Waals surface area contributed by atoms with Crippen molar-refractivity contribution in [2.45, 2.75) is 17.3 Å². The van der Waals surface area contributed by atoms with Crippen LogP contribution in [-0.4, -0.2) is 23.6 Å². The third kappa shape index (κ3) is 4.00. The van der Waals surface area contributed by atoms with Gasteiger partial charge in [-0.15, -0.1) is 0 Å². The van der Waals surface area contributed by atoms with E-state index in [0.29, 0.717) is 5.56 Å². The number of methoxy groups -OCH3 is 1. The highest BCUT2D eigenvalue weighted by molar-refractivity contribution is 8.00. The van der Waals surface area contributed by atoms with E-state index >= 15 is 0 Å². The van der Waals surface area contributed by atoms with Crippen LogP contribution in [0.5, 0.6) is 0 Å². The Bertz CT molecular complexity index is 684. The summed E-state index contributed by atoms with van der Waals surface area (Å²) < 4.78 is 42.7. The van der Waals surface area contributed by atoms with Crippen LogP contribution in [0.2, 0.25) is 0 Å².